The van der Waals surface area contributed by atoms with Crippen LogP contribution in [0.2, 0.25) is 0 Å². The van der Waals surface area contributed by atoms with Crippen molar-refractivity contribution in [1.82, 2.24) is 5.32 Å². The standard InChI is InChI=1S/C16H25NO/c1-16(2,3)10-12-6-7-15(18)14(9-12)13-5-4-8-17-11-13/h6-7,9,13,17-18H,4-5,8,10-11H2,1-3H3. The number of benzene rings is 1. The van der Waals surface area contributed by atoms with Crippen LogP contribution in [0.3, 0.4) is 0 Å². The SMILES string of the molecule is CC(C)(C)Cc1ccc(O)c(C2CCCNC2)c1. The average molecular weight is 247 g/mol. The number of aromatic hydroxyl groups is 1. The van der Waals surface area contributed by atoms with Gasteiger partial charge in [0.15, 0.2) is 0 Å². The van der Waals surface area contributed by atoms with Crippen LogP contribution in [0.25, 0.3) is 0 Å². The monoisotopic (exact) mass is 247 g/mol. The third kappa shape index (κ3) is 3.49. The second-order valence-electron chi connectivity index (χ2n) is 6.67. The minimum atomic E-state index is 0.291. The van der Waals surface area contributed by atoms with E-state index in [9.17, 15) is 5.11 Å². The first-order valence-corrected chi connectivity index (χ1v) is 6.98. The Morgan fingerprint density at radius 2 is 2.11 bits per heavy atom. The fourth-order valence-corrected chi connectivity index (χ4v) is 2.77. The summed E-state index contributed by atoms with van der Waals surface area (Å²) in [5.74, 6) is 0.931. The molecular weight excluding hydrogens is 222 g/mol. The van der Waals surface area contributed by atoms with Crippen LogP contribution in [0.5, 0.6) is 5.75 Å². The lowest BCUT2D eigenvalue weighted by Crippen LogP contribution is -2.28. The zero-order valence-corrected chi connectivity index (χ0v) is 11.8. The fraction of sp³-hybridized carbons (Fsp3) is 0.625. The summed E-state index contributed by atoms with van der Waals surface area (Å²) in [6.07, 6.45) is 3.44. The Labute approximate surface area is 110 Å². The molecule has 1 aromatic rings. The summed E-state index contributed by atoms with van der Waals surface area (Å²) in [4.78, 5) is 0. The predicted molar refractivity (Wildman–Crippen MR) is 76.1 cm³/mol. The second kappa shape index (κ2) is 5.31. The summed E-state index contributed by atoms with van der Waals surface area (Å²) >= 11 is 0. The maximum absolute atomic E-state index is 10.1. The van der Waals surface area contributed by atoms with Crippen LogP contribution in [0.1, 0.15) is 50.7 Å². The van der Waals surface area contributed by atoms with Gasteiger partial charge in [-0.1, -0.05) is 32.9 Å². The van der Waals surface area contributed by atoms with Gasteiger partial charge in [0.25, 0.3) is 0 Å². The van der Waals surface area contributed by atoms with Gasteiger partial charge in [-0.2, -0.15) is 0 Å². The van der Waals surface area contributed by atoms with E-state index in [-0.39, 0.29) is 0 Å². The van der Waals surface area contributed by atoms with Crippen molar-refractivity contribution in [1.29, 1.82) is 0 Å². The highest BCUT2D eigenvalue weighted by Crippen LogP contribution is 2.32. The largest absolute Gasteiger partial charge is 0.508 e. The van der Waals surface area contributed by atoms with Crippen molar-refractivity contribution in [2.75, 3.05) is 13.1 Å². The number of hydrogen-bond acceptors (Lipinski definition) is 2. The molecule has 18 heavy (non-hydrogen) atoms. The lowest BCUT2D eigenvalue weighted by atomic mass is 9.85. The number of piperidine rings is 1. The third-order valence-corrected chi connectivity index (χ3v) is 3.56. The molecule has 0 aromatic heterocycles. The minimum Gasteiger partial charge on any atom is -0.508 e. The molecule has 0 saturated carbocycles. The fourth-order valence-electron chi connectivity index (χ4n) is 2.77. The van der Waals surface area contributed by atoms with Gasteiger partial charge >= 0.3 is 0 Å². The van der Waals surface area contributed by atoms with E-state index >= 15 is 0 Å². The molecule has 0 aliphatic carbocycles. The van der Waals surface area contributed by atoms with Crippen molar-refractivity contribution >= 4 is 0 Å². The van der Waals surface area contributed by atoms with E-state index in [1.807, 2.05) is 6.07 Å². The Morgan fingerprint density at radius 3 is 2.72 bits per heavy atom. The van der Waals surface area contributed by atoms with E-state index in [2.05, 4.69) is 38.2 Å². The molecule has 100 valence electrons. The van der Waals surface area contributed by atoms with Crippen LogP contribution in [0.4, 0.5) is 0 Å². The molecule has 2 rings (SSSR count). The second-order valence-corrected chi connectivity index (χ2v) is 6.67. The molecule has 0 radical (unpaired) electrons. The molecule has 0 bridgehead atoms. The predicted octanol–water partition coefficient (Wildman–Crippen LogP) is 3.45. The first-order valence-electron chi connectivity index (χ1n) is 6.98. The van der Waals surface area contributed by atoms with Crippen molar-refractivity contribution < 1.29 is 5.11 Å². The van der Waals surface area contributed by atoms with Crippen LogP contribution < -0.4 is 5.32 Å². The molecule has 0 spiro atoms. The molecule has 1 unspecified atom stereocenters. The van der Waals surface area contributed by atoms with Gasteiger partial charge in [-0.05, 0) is 48.4 Å². The molecule has 2 heteroatoms. The zero-order valence-electron chi connectivity index (χ0n) is 11.8. The Morgan fingerprint density at radius 1 is 1.33 bits per heavy atom. The smallest absolute Gasteiger partial charge is 0.119 e. The van der Waals surface area contributed by atoms with Gasteiger partial charge in [-0.25, -0.2) is 0 Å². The molecule has 2 N–H and O–H groups in total. The summed E-state index contributed by atoms with van der Waals surface area (Å²) in [5.41, 5.74) is 2.75. The van der Waals surface area contributed by atoms with Crippen molar-refractivity contribution in [2.24, 2.45) is 5.41 Å². The van der Waals surface area contributed by atoms with Crippen LogP contribution in [0.15, 0.2) is 18.2 Å². The maximum Gasteiger partial charge on any atom is 0.119 e. The highest BCUT2D eigenvalue weighted by atomic mass is 16.3. The van der Waals surface area contributed by atoms with E-state index in [0.29, 0.717) is 17.1 Å². The van der Waals surface area contributed by atoms with E-state index < -0.39 is 0 Å². The summed E-state index contributed by atoms with van der Waals surface area (Å²) < 4.78 is 0. The molecule has 1 atom stereocenters. The first kappa shape index (κ1) is 13.4. The lowest BCUT2D eigenvalue weighted by Gasteiger charge is -2.25. The van der Waals surface area contributed by atoms with E-state index in [1.165, 1.54) is 18.4 Å². The van der Waals surface area contributed by atoms with Crippen molar-refractivity contribution in [3.63, 3.8) is 0 Å². The van der Waals surface area contributed by atoms with Crippen molar-refractivity contribution in [3.05, 3.63) is 29.3 Å². The van der Waals surface area contributed by atoms with Crippen molar-refractivity contribution in [3.8, 4) is 5.75 Å². The number of rotatable bonds is 2. The molecule has 1 aromatic carbocycles. The van der Waals surface area contributed by atoms with Crippen LogP contribution in [0, 0.1) is 5.41 Å². The van der Waals surface area contributed by atoms with Gasteiger partial charge in [-0.15, -0.1) is 0 Å². The molecular formula is C16H25NO. The van der Waals surface area contributed by atoms with Gasteiger partial charge < -0.3 is 10.4 Å². The van der Waals surface area contributed by atoms with E-state index in [4.69, 9.17) is 0 Å². The maximum atomic E-state index is 10.1. The molecule has 2 nitrogen and oxygen atoms in total. The Balaban J connectivity index is 2.20. The molecule has 1 heterocycles. The van der Waals surface area contributed by atoms with Gasteiger partial charge in [0.2, 0.25) is 0 Å². The van der Waals surface area contributed by atoms with E-state index in [0.717, 1.165) is 25.1 Å². The number of nitrogens with one attached hydrogen (secondary N) is 1. The highest BCUT2D eigenvalue weighted by molar-refractivity contribution is 5.39. The number of hydrogen-bond donors (Lipinski definition) is 2. The minimum absolute atomic E-state index is 0.291. The average Bonchev–Trinajstić information content (AvgIpc) is 2.31. The summed E-state index contributed by atoms with van der Waals surface area (Å²) in [7, 11) is 0. The normalized spacial score (nSPS) is 20.9. The molecule has 1 aliphatic heterocycles. The summed E-state index contributed by atoms with van der Waals surface area (Å²) in [5, 5.41) is 13.5. The van der Waals surface area contributed by atoms with Crippen LogP contribution >= 0.6 is 0 Å². The Bertz CT molecular complexity index is 400. The van der Waals surface area contributed by atoms with Gasteiger partial charge in [0.05, 0.1) is 0 Å². The van der Waals surface area contributed by atoms with Crippen molar-refractivity contribution in [2.45, 2.75) is 46.0 Å². The van der Waals surface area contributed by atoms with Crippen LogP contribution in [-0.2, 0) is 6.42 Å². The molecule has 1 fully saturated rings. The quantitative estimate of drug-likeness (QED) is 0.839. The summed E-state index contributed by atoms with van der Waals surface area (Å²) in [6.45, 7) is 8.86. The first-order chi connectivity index (χ1) is 8.46. The van der Waals surface area contributed by atoms with Gasteiger partial charge in [0, 0.05) is 12.5 Å². The molecule has 0 amide bonds. The van der Waals surface area contributed by atoms with Crippen LogP contribution in [-0.4, -0.2) is 18.2 Å². The zero-order chi connectivity index (χ0) is 13.2. The topological polar surface area (TPSA) is 32.3 Å². The summed E-state index contributed by atoms with van der Waals surface area (Å²) in [6, 6.07) is 6.13. The van der Waals surface area contributed by atoms with Gasteiger partial charge in [-0.3, -0.25) is 0 Å². The Kier molecular flexibility index (Phi) is 3.96. The molecule has 1 saturated heterocycles. The van der Waals surface area contributed by atoms with E-state index in [1.54, 1.807) is 0 Å². The van der Waals surface area contributed by atoms with Gasteiger partial charge in [0.1, 0.15) is 5.75 Å². The number of phenolic OH excluding ortho intramolecular Hbond substituents is 1. The number of phenols is 1. The Hall–Kier alpha value is -1.02. The third-order valence-electron chi connectivity index (χ3n) is 3.56. The molecule has 1 aliphatic rings. The highest BCUT2D eigenvalue weighted by Gasteiger charge is 2.19. The lowest BCUT2D eigenvalue weighted by molar-refractivity contribution is 0.406.